The molecular formula is C30H37F2N7O4. The van der Waals surface area contributed by atoms with E-state index >= 15 is 4.39 Å². The van der Waals surface area contributed by atoms with E-state index in [4.69, 9.17) is 4.74 Å². The van der Waals surface area contributed by atoms with Crippen molar-refractivity contribution in [3.8, 4) is 11.3 Å². The van der Waals surface area contributed by atoms with Gasteiger partial charge in [0.1, 0.15) is 22.9 Å². The minimum absolute atomic E-state index is 0.00132. The number of alkyl carbamates (subject to hydrolysis) is 1. The summed E-state index contributed by atoms with van der Waals surface area (Å²) in [7, 11) is 0. The number of aromatic amines is 1. The molecule has 230 valence electrons. The molecule has 2 aromatic heterocycles. The van der Waals surface area contributed by atoms with E-state index in [0.29, 0.717) is 31.5 Å². The molecule has 0 bridgehead atoms. The van der Waals surface area contributed by atoms with E-state index in [1.807, 2.05) is 0 Å². The van der Waals surface area contributed by atoms with Crippen LogP contribution in [0.2, 0.25) is 0 Å². The van der Waals surface area contributed by atoms with E-state index in [2.05, 4.69) is 31.1 Å². The fraction of sp³-hybridized carbons (Fsp3) is 0.433. The number of hydrogen-bond donors (Lipinski definition) is 4. The Labute approximate surface area is 248 Å². The van der Waals surface area contributed by atoms with Gasteiger partial charge in [-0.1, -0.05) is 12.1 Å². The van der Waals surface area contributed by atoms with Crippen LogP contribution in [0.15, 0.2) is 42.7 Å². The number of nitrogens with one attached hydrogen (secondary N) is 4. The van der Waals surface area contributed by atoms with Crippen LogP contribution in [0, 0.1) is 11.6 Å². The lowest BCUT2D eigenvalue weighted by Gasteiger charge is -2.25. The molecule has 1 fully saturated rings. The van der Waals surface area contributed by atoms with Gasteiger partial charge in [0, 0.05) is 50.4 Å². The van der Waals surface area contributed by atoms with Gasteiger partial charge in [0.25, 0.3) is 5.91 Å². The van der Waals surface area contributed by atoms with Gasteiger partial charge < -0.3 is 25.6 Å². The minimum Gasteiger partial charge on any atom is -0.444 e. The van der Waals surface area contributed by atoms with E-state index in [1.54, 1.807) is 37.8 Å². The molecule has 1 atom stereocenters. The molecular weight excluding hydrogens is 560 g/mol. The normalized spacial score (nSPS) is 14.8. The molecule has 0 radical (unpaired) electrons. The molecule has 1 aromatic carbocycles. The molecule has 0 saturated carbocycles. The Bertz CT molecular complexity index is 1430. The van der Waals surface area contributed by atoms with Crippen molar-refractivity contribution in [1.29, 1.82) is 0 Å². The van der Waals surface area contributed by atoms with Crippen LogP contribution in [0.1, 0.15) is 56.0 Å². The highest BCUT2D eigenvalue weighted by atomic mass is 19.1. The summed E-state index contributed by atoms with van der Waals surface area (Å²) in [5, 5.41) is 15.0. The van der Waals surface area contributed by atoms with Crippen LogP contribution in [0.5, 0.6) is 0 Å². The molecule has 0 spiro atoms. The summed E-state index contributed by atoms with van der Waals surface area (Å²) in [6.45, 7) is 6.41. The Morgan fingerprint density at radius 1 is 1.14 bits per heavy atom. The zero-order valence-corrected chi connectivity index (χ0v) is 24.5. The summed E-state index contributed by atoms with van der Waals surface area (Å²) in [6, 6.07) is 7.06. The molecule has 3 amide bonds. The monoisotopic (exact) mass is 597 g/mol. The standard InChI is InChI=1S/C30H37F2N7O4/c1-30(2,3)43-29(42)34-12-10-25(40)39-13-5-8-22(39)18-35-28(41)23-15-24(32)26(20-16-36-37-17-20)38-27(23)33-11-9-19-6-4-7-21(31)14-19/h4,6-7,14-17,22H,5,8-13,18H2,1-3H3,(H,33,38)(H,34,42)(H,35,41)(H,36,37)/t22-/m1/s1. The zero-order chi connectivity index (χ0) is 31.0. The SMILES string of the molecule is CC(C)(C)OC(=O)NCCC(=O)N1CCC[C@@H]1CNC(=O)c1cc(F)c(-c2cn[nH]c2)nc1NCCc1cccc(F)c1. The Hall–Kier alpha value is -4.55. The molecule has 0 unspecified atom stereocenters. The highest BCUT2D eigenvalue weighted by Crippen LogP contribution is 2.25. The van der Waals surface area contributed by atoms with E-state index in [1.165, 1.54) is 24.5 Å². The molecule has 4 N–H and O–H groups in total. The van der Waals surface area contributed by atoms with Gasteiger partial charge in [-0.25, -0.2) is 18.6 Å². The molecule has 4 rings (SSSR count). The Morgan fingerprint density at radius 3 is 2.67 bits per heavy atom. The number of nitrogens with zero attached hydrogens (tertiary/aromatic N) is 3. The largest absolute Gasteiger partial charge is 0.444 e. The predicted molar refractivity (Wildman–Crippen MR) is 156 cm³/mol. The first kappa shape index (κ1) is 31.4. The molecule has 13 heteroatoms. The number of carbonyl (C=O) groups excluding carboxylic acids is 3. The van der Waals surface area contributed by atoms with E-state index < -0.39 is 23.4 Å². The Morgan fingerprint density at radius 2 is 1.95 bits per heavy atom. The maximum atomic E-state index is 15.1. The number of hydrogen-bond acceptors (Lipinski definition) is 7. The van der Waals surface area contributed by atoms with Crippen molar-refractivity contribution in [3.05, 3.63) is 65.5 Å². The van der Waals surface area contributed by atoms with Crippen molar-refractivity contribution in [2.45, 2.75) is 58.1 Å². The smallest absolute Gasteiger partial charge is 0.407 e. The topological polar surface area (TPSA) is 141 Å². The van der Waals surface area contributed by atoms with Gasteiger partial charge in [0.15, 0.2) is 5.82 Å². The fourth-order valence-electron chi connectivity index (χ4n) is 4.81. The molecule has 0 aliphatic carbocycles. The molecule has 11 nitrogen and oxygen atoms in total. The van der Waals surface area contributed by atoms with Gasteiger partial charge in [-0.15, -0.1) is 0 Å². The summed E-state index contributed by atoms with van der Waals surface area (Å²) in [6.07, 6.45) is 4.33. The number of anilines is 1. The highest BCUT2D eigenvalue weighted by Gasteiger charge is 2.29. The lowest BCUT2D eigenvalue weighted by Crippen LogP contribution is -2.44. The van der Waals surface area contributed by atoms with Crippen molar-refractivity contribution < 1.29 is 27.9 Å². The summed E-state index contributed by atoms with van der Waals surface area (Å²) in [5.74, 6) is -1.58. The number of ether oxygens (including phenoxy) is 1. The number of aromatic nitrogens is 3. The van der Waals surface area contributed by atoms with Gasteiger partial charge in [0.05, 0.1) is 11.8 Å². The predicted octanol–water partition coefficient (Wildman–Crippen LogP) is 4.04. The number of rotatable bonds is 11. The molecule has 1 saturated heterocycles. The van der Waals surface area contributed by atoms with Crippen LogP contribution in [0.4, 0.5) is 19.4 Å². The molecule has 1 aliphatic heterocycles. The number of halogens is 2. The molecule has 1 aliphatic rings. The molecule has 43 heavy (non-hydrogen) atoms. The fourth-order valence-corrected chi connectivity index (χ4v) is 4.81. The van der Waals surface area contributed by atoms with Crippen LogP contribution < -0.4 is 16.0 Å². The van der Waals surface area contributed by atoms with Crippen molar-refractivity contribution in [3.63, 3.8) is 0 Å². The van der Waals surface area contributed by atoms with Gasteiger partial charge in [-0.3, -0.25) is 14.7 Å². The van der Waals surface area contributed by atoms with Crippen LogP contribution in [0.3, 0.4) is 0 Å². The van der Waals surface area contributed by atoms with Crippen molar-refractivity contribution in [2.24, 2.45) is 0 Å². The summed E-state index contributed by atoms with van der Waals surface area (Å²) in [4.78, 5) is 44.1. The van der Waals surface area contributed by atoms with E-state index in [9.17, 15) is 18.8 Å². The zero-order valence-electron chi connectivity index (χ0n) is 24.5. The summed E-state index contributed by atoms with van der Waals surface area (Å²) < 4.78 is 33.9. The number of carbonyl (C=O) groups is 3. The second-order valence-corrected chi connectivity index (χ2v) is 11.3. The van der Waals surface area contributed by atoms with Gasteiger partial charge in [-0.2, -0.15) is 5.10 Å². The summed E-state index contributed by atoms with van der Waals surface area (Å²) in [5.41, 5.74) is 0.551. The average Bonchev–Trinajstić information content (AvgIpc) is 3.64. The third kappa shape index (κ3) is 8.97. The van der Waals surface area contributed by atoms with Crippen LogP contribution in [-0.4, -0.2) is 75.8 Å². The Balaban J connectivity index is 1.39. The second-order valence-electron chi connectivity index (χ2n) is 11.3. The van der Waals surface area contributed by atoms with Crippen molar-refractivity contribution in [1.82, 2.24) is 30.7 Å². The van der Waals surface area contributed by atoms with Crippen LogP contribution in [0.25, 0.3) is 11.3 Å². The lowest BCUT2D eigenvalue weighted by atomic mass is 10.1. The van der Waals surface area contributed by atoms with E-state index in [-0.39, 0.29) is 54.4 Å². The quantitative estimate of drug-likeness (QED) is 0.261. The average molecular weight is 598 g/mol. The molecule has 3 aromatic rings. The van der Waals surface area contributed by atoms with E-state index in [0.717, 1.165) is 18.1 Å². The Kier molecular flexibility index (Phi) is 10.3. The van der Waals surface area contributed by atoms with Crippen LogP contribution >= 0.6 is 0 Å². The first-order chi connectivity index (χ1) is 20.5. The lowest BCUT2D eigenvalue weighted by molar-refractivity contribution is -0.131. The number of amides is 3. The minimum atomic E-state index is -0.697. The van der Waals surface area contributed by atoms with Gasteiger partial charge in [-0.05, 0) is 63.8 Å². The third-order valence-corrected chi connectivity index (χ3v) is 6.79. The van der Waals surface area contributed by atoms with Gasteiger partial charge in [0.2, 0.25) is 5.91 Å². The van der Waals surface area contributed by atoms with Crippen molar-refractivity contribution >= 4 is 23.7 Å². The number of benzene rings is 1. The third-order valence-electron chi connectivity index (χ3n) is 6.79. The number of pyridine rings is 1. The van der Waals surface area contributed by atoms with Crippen LogP contribution in [-0.2, 0) is 16.0 Å². The van der Waals surface area contributed by atoms with Crippen molar-refractivity contribution in [2.75, 3.05) is 31.5 Å². The van der Waals surface area contributed by atoms with Gasteiger partial charge >= 0.3 is 6.09 Å². The number of likely N-dealkylation sites (tertiary alicyclic amines) is 1. The summed E-state index contributed by atoms with van der Waals surface area (Å²) >= 11 is 0. The first-order valence-electron chi connectivity index (χ1n) is 14.2. The maximum absolute atomic E-state index is 15.1. The highest BCUT2D eigenvalue weighted by molar-refractivity contribution is 5.99. The first-order valence-corrected chi connectivity index (χ1v) is 14.2. The molecule has 3 heterocycles. The maximum Gasteiger partial charge on any atom is 0.407 e. The number of H-pyrrole nitrogens is 1. The second kappa shape index (κ2) is 14.1.